The van der Waals surface area contributed by atoms with E-state index < -0.39 is 5.54 Å². The second-order valence-corrected chi connectivity index (χ2v) is 6.81. The molecule has 2 saturated heterocycles. The summed E-state index contributed by atoms with van der Waals surface area (Å²) < 4.78 is 13.0. The van der Waals surface area contributed by atoms with E-state index in [0.29, 0.717) is 19.4 Å². The van der Waals surface area contributed by atoms with Crippen LogP contribution in [0.1, 0.15) is 19.3 Å². The highest BCUT2D eigenvalue weighted by atomic mass is 16.5. The van der Waals surface area contributed by atoms with Crippen molar-refractivity contribution in [3.8, 4) is 5.75 Å². The van der Waals surface area contributed by atoms with Gasteiger partial charge in [0.05, 0.1) is 13.2 Å². The Morgan fingerprint density at radius 1 is 1.31 bits per heavy atom. The van der Waals surface area contributed by atoms with Gasteiger partial charge in [-0.3, -0.25) is 9.48 Å². The van der Waals surface area contributed by atoms with Crippen LogP contribution in [-0.2, 0) is 15.1 Å². The number of nitrogens with zero attached hydrogens (tertiary/aromatic N) is 2. The van der Waals surface area contributed by atoms with Crippen molar-refractivity contribution in [3.63, 3.8) is 0 Å². The van der Waals surface area contributed by atoms with Gasteiger partial charge < -0.3 is 20.1 Å². The topological polar surface area (TPSA) is 77.4 Å². The van der Waals surface area contributed by atoms with Crippen molar-refractivity contribution in [2.45, 2.75) is 30.9 Å². The van der Waals surface area contributed by atoms with Gasteiger partial charge in [0.15, 0.2) is 0 Å². The first-order valence-corrected chi connectivity index (χ1v) is 9.13. The van der Waals surface area contributed by atoms with Crippen LogP contribution in [0.15, 0.2) is 42.7 Å². The first-order chi connectivity index (χ1) is 12.8. The lowest BCUT2D eigenvalue weighted by molar-refractivity contribution is -0.126. The summed E-state index contributed by atoms with van der Waals surface area (Å²) in [6.07, 6.45) is 6.04. The number of hydrogen-bond donors (Lipinski definition) is 2. The van der Waals surface area contributed by atoms with Gasteiger partial charge in [0.2, 0.25) is 0 Å². The average Bonchev–Trinajstić information content (AvgIpc) is 3.38. The minimum atomic E-state index is -0.648. The normalized spacial score (nSPS) is 22.1. The minimum absolute atomic E-state index is 0.0273. The molecule has 0 saturated carbocycles. The van der Waals surface area contributed by atoms with Crippen LogP contribution >= 0.6 is 0 Å². The molecule has 2 N–H and O–H groups in total. The lowest BCUT2D eigenvalue weighted by Crippen LogP contribution is -2.52. The van der Waals surface area contributed by atoms with E-state index in [1.165, 1.54) is 0 Å². The monoisotopic (exact) mass is 356 g/mol. The molecule has 138 valence electrons. The van der Waals surface area contributed by atoms with Crippen LogP contribution in [-0.4, -0.2) is 48.1 Å². The number of benzene rings is 1. The van der Waals surface area contributed by atoms with Crippen LogP contribution in [0.5, 0.6) is 5.75 Å². The summed E-state index contributed by atoms with van der Waals surface area (Å²) in [5.41, 5.74) is 0.112. The summed E-state index contributed by atoms with van der Waals surface area (Å²) in [6.45, 7) is 2.98. The number of anilines is 1. The third kappa shape index (κ3) is 3.45. The fourth-order valence-corrected chi connectivity index (χ4v) is 3.59. The van der Waals surface area contributed by atoms with Gasteiger partial charge in [-0.15, -0.1) is 0 Å². The Morgan fingerprint density at radius 3 is 2.77 bits per heavy atom. The zero-order valence-electron chi connectivity index (χ0n) is 14.7. The van der Waals surface area contributed by atoms with Gasteiger partial charge in [-0.1, -0.05) is 0 Å². The molecule has 2 fully saturated rings. The molecule has 7 heteroatoms. The third-order valence-corrected chi connectivity index (χ3v) is 5.10. The van der Waals surface area contributed by atoms with E-state index in [2.05, 4.69) is 15.7 Å². The minimum Gasteiger partial charge on any atom is -0.488 e. The fourth-order valence-electron chi connectivity index (χ4n) is 3.59. The van der Waals surface area contributed by atoms with E-state index in [1.54, 1.807) is 10.9 Å². The Morgan fingerprint density at radius 2 is 2.12 bits per heavy atom. The van der Waals surface area contributed by atoms with Gasteiger partial charge in [0, 0.05) is 24.5 Å². The summed E-state index contributed by atoms with van der Waals surface area (Å²) in [5.74, 6) is 0.766. The SMILES string of the molecule is O=C(Nc1ccc(OC2CCOC2)cc1)C1(n2cccn2)CCNCC1. The van der Waals surface area contributed by atoms with Crippen molar-refractivity contribution in [1.82, 2.24) is 15.1 Å². The van der Waals surface area contributed by atoms with Crippen LogP contribution in [0.3, 0.4) is 0 Å². The standard InChI is InChI=1S/C19H24N4O3/c24-18(19(7-10-20-11-8-19)23-12-1-9-21-23)22-15-2-4-16(5-3-15)26-17-6-13-25-14-17/h1-5,9,12,17,20H,6-8,10-11,13-14H2,(H,22,24). The maximum absolute atomic E-state index is 13.1. The van der Waals surface area contributed by atoms with Gasteiger partial charge >= 0.3 is 0 Å². The number of ether oxygens (including phenoxy) is 2. The highest BCUT2D eigenvalue weighted by Gasteiger charge is 2.42. The zero-order chi connectivity index (χ0) is 17.8. The van der Waals surface area contributed by atoms with Crippen LogP contribution in [0.2, 0.25) is 0 Å². The molecule has 0 bridgehead atoms. The molecular formula is C19H24N4O3. The highest BCUT2D eigenvalue weighted by Crippen LogP contribution is 2.29. The molecule has 1 amide bonds. The molecule has 3 heterocycles. The number of amides is 1. The molecule has 2 aliphatic rings. The van der Waals surface area contributed by atoms with Crippen molar-refractivity contribution in [2.24, 2.45) is 0 Å². The molecule has 1 unspecified atom stereocenters. The Kier molecular flexibility index (Phi) is 4.90. The van der Waals surface area contributed by atoms with Crippen LogP contribution < -0.4 is 15.4 Å². The molecule has 1 aromatic heterocycles. The van der Waals surface area contributed by atoms with Gasteiger partial charge in [-0.05, 0) is 56.3 Å². The largest absolute Gasteiger partial charge is 0.488 e. The predicted octanol–water partition coefficient (Wildman–Crippen LogP) is 1.77. The summed E-state index contributed by atoms with van der Waals surface area (Å²) in [6, 6.07) is 9.38. The van der Waals surface area contributed by atoms with Gasteiger partial charge in [0.1, 0.15) is 17.4 Å². The van der Waals surface area contributed by atoms with Gasteiger partial charge in [0.25, 0.3) is 5.91 Å². The fraction of sp³-hybridized carbons (Fsp3) is 0.474. The summed E-state index contributed by atoms with van der Waals surface area (Å²) in [7, 11) is 0. The second kappa shape index (κ2) is 7.47. The molecule has 0 radical (unpaired) electrons. The van der Waals surface area contributed by atoms with Crippen molar-refractivity contribution < 1.29 is 14.3 Å². The Balaban J connectivity index is 1.46. The molecule has 0 aliphatic carbocycles. The average molecular weight is 356 g/mol. The molecule has 2 aromatic rings. The lowest BCUT2D eigenvalue weighted by Gasteiger charge is -2.36. The molecule has 1 aromatic carbocycles. The van der Waals surface area contributed by atoms with Crippen molar-refractivity contribution in [3.05, 3.63) is 42.7 Å². The van der Waals surface area contributed by atoms with Gasteiger partial charge in [-0.2, -0.15) is 5.10 Å². The van der Waals surface area contributed by atoms with E-state index >= 15 is 0 Å². The van der Waals surface area contributed by atoms with E-state index in [0.717, 1.165) is 37.6 Å². The molecule has 2 aliphatic heterocycles. The van der Waals surface area contributed by atoms with Crippen molar-refractivity contribution in [1.29, 1.82) is 0 Å². The van der Waals surface area contributed by atoms with E-state index in [4.69, 9.17) is 9.47 Å². The van der Waals surface area contributed by atoms with Crippen LogP contribution in [0, 0.1) is 0 Å². The number of nitrogens with one attached hydrogen (secondary N) is 2. The first kappa shape index (κ1) is 17.1. The maximum atomic E-state index is 13.1. The molecule has 1 atom stereocenters. The van der Waals surface area contributed by atoms with E-state index in [-0.39, 0.29) is 12.0 Å². The quantitative estimate of drug-likeness (QED) is 0.854. The Labute approximate surface area is 152 Å². The maximum Gasteiger partial charge on any atom is 0.252 e. The van der Waals surface area contributed by atoms with Crippen LogP contribution in [0.25, 0.3) is 0 Å². The van der Waals surface area contributed by atoms with E-state index in [9.17, 15) is 4.79 Å². The number of hydrogen-bond acceptors (Lipinski definition) is 5. The first-order valence-electron chi connectivity index (χ1n) is 9.13. The Bertz CT molecular complexity index is 718. The highest BCUT2D eigenvalue weighted by molar-refractivity contribution is 5.96. The van der Waals surface area contributed by atoms with Crippen molar-refractivity contribution >= 4 is 11.6 Å². The molecule has 7 nitrogen and oxygen atoms in total. The third-order valence-electron chi connectivity index (χ3n) is 5.10. The summed E-state index contributed by atoms with van der Waals surface area (Å²) in [4.78, 5) is 13.1. The molecule has 0 spiro atoms. The number of aromatic nitrogens is 2. The van der Waals surface area contributed by atoms with Gasteiger partial charge in [-0.25, -0.2) is 0 Å². The molecule has 26 heavy (non-hydrogen) atoms. The smallest absolute Gasteiger partial charge is 0.252 e. The lowest BCUT2D eigenvalue weighted by atomic mass is 9.87. The predicted molar refractivity (Wildman–Crippen MR) is 97.2 cm³/mol. The van der Waals surface area contributed by atoms with Crippen LogP contribution in [0.4, 0.5) is 5.69 Å². The Hall–Kier alpha value is -2.38. The zero-order valence-corrected chi connectivity index (χ0v) is 14.7. The second-order valence-electron chi connectivity index (χ2n) is 6.81. The van der Waals surface area contributed by atoms with E-state index in [1.807, 2.05) is 36.5 Å². The number of carbonyl (C=O) groups excluding carboxylic acids is 1. The summed E-state index contributed by atoms with van der Waals surface area (Å²) >= 11 is 0. The summed E-state index contributed by atoms with van der Waals surface area (Å²) in [5, 5.41) is 10.7. The number of rotatable bonds is 5. The molecular weight excluding hydrogens is 332 g/mol. The van der Waals surface area contributed by atoms with Crippen molar-refractivity contribution in [2.75, 3.05) is 31.6 Å². The number of carbonyl (C=O) groups is 1. The molecule has 4 rings (SSSR count). The number of piperidine rings is 1.